The molecule has 0 aliphatic heterocycles. The highest BCUT2D eigenvalue weighted by atomic mass is 35.5. The monoisotopic (exact) mass is 281 g/mol. The van der Waals surface area contributed by atoms with Crippen LogP contribution < -0.4 is 5.32 Å². The second kappa shape index (κ2) is 6.29. The van der Waals surface area contributed by atoms with Crippen LogP contribution in [0, 0.1) is 18.8 Å². The van der Waals surface area contributed by atoms with Crippen LogP contribution in [-0.2, 0) is 0 Å². The van der Waals surface area contributed by atoms with Gasteiger partial charge in [0.05, 0.1) is 0 Å². The second-order valence-corrected chi connectivity index (χ2v) is 5.63. The van der Waals surface area contributed by atoms with E-state index in [4.69, 9.17) is 11.6 Å². The molecule has 2 N–H and O–H groups in total. The standard InChI is InChI=1S/C15H20ClNO2/c1-10-5-6-11(7-14(10)18)15(19)17-9-13-4-2-3-12(13)8-16/h5-7,12-13,18H,2-4,8-9H2,1H3,(H,17,19). The average Bonchev–Trinajstić information content (AvgIpc) is 2.86. The van der Waals surface area contributed by atoms with Crippen molar-refractivity contribution in [2.45, 2.75) is 26.2 Å². The van der Waals surface area contributed by atoms with Gasteiger partial charge in [0, 0.05) is 18.0 Å². The minimum absolute atomic E-state index is 0.129. The predicted molar refractivity (Wildman–Crippen MR) is 76.7 cm³/mol. The van der Waals surface area contributed by atoms with E-state index in [2.05, 4.69) is 5.32 Å². The molecule has 0 radical (unpaired) electrons. The molecule has 2 unspecified atom stereocenters. The topological polar surface area (TPSA) is 49.3 Å². The Morgan fingerprint density at radius 1 is 1.42 bits per heavy atom. The van der Waals surface area contributed by atoms with Crippen molar-refractivity contribution in [3.8, 4) is 5.75 Å². The van der Waals surface area contributed by atoms with Crippen LogP contribution >= 0.6 is 11.6 Å². The number of carbonyl (C=O) groups excluding carboxylic acids is 1. The molecule has 1 aromatic rings. The van der Waals surface area contributed by atoms with E-state index in [0.717, 1.165) is 18.4 Å². The van der Waals surface area contributed by atoms with Gasteiger partial charge in [-0.3, -0.25) is 4.79 Å². The number of nitrogens with one attached hydrogen (secondary N) is 1. The fraction of sp³-hybridized carbons (Fsp3) is 0.533. The third-order valence-electron chi connectivity index (χ3n) is 4.01. The van der Waals surface area contributed by atoms with E-state index in [1.165, 1.54) is 12.5 Å². The summed E-state index contributed by atoms with van der Waals surface area (Å²) in [7, 11) is 0. The van der Waals surface area contributed by atoms with Crippen molar-refractivity contribution in [1.29, 1.82) is 0 Å². The molecule has 0 bridgehead atoms. The molecule has 4 heteroatoms. The molecule has 0 heterocycles. The maximum Gasteiger partial charge on any atom is 0.251 e. The van der Waals surface area contributed by atoms with Crippen molar-refractivity contribution in [2.24, 2.45) is 11.8 Å². The number of hydrogen-bond donors (Lipinski definition) is 2. The van der Waals surface area contributed by atoms with Crippen molar-refractivity contribution in [2.75, 3.05) is 12.4 Å². The number of rotatable bonds is 4. The molecule has 1 saturated carbocycles. The van der Waals surface area contributed by atoms with E-state index in [9.17, 15) is 9.90 Å². The Hall–Kier alpha value is -1.22. The third kappa shape index (κ3) is 3.41. The lowest BCUT2D eigenvalue weighted by Gasteiger charge is -2.17. The summed E-state index contributed by atoms with van der Waals surface area (Å²) in [5, 5.41) is 12.6. The zero-order valence-corrected chi connectivity index (χ0v) is 11.9. The molecule has 0 spiro atoms. The molecule has 1 aliphatic rings. The average molecular weight is 282 g/mol. The second-order valence-electron chi connectivity index (χ2n) is 5.32. The molecule has 1 amide bonds. The van der Waals surface area contributed by atoms with Crippen molar-refractivity contribution >= 4 is 17.5 Å². The van der Waals surface area contributed by atoms with Gasteiger partial charge in [0.25, 0.3) is 5.91 Å². The van der Waals surface area contributed by atoms with Crippen LogP contribution in [-0.4, -0.2) is 23.4 Å². The summed E-state index contributed by atoms with van der Waals surface area (Å²) in [6, 6.07) is 5.00. The molecular weight excluding hydrogens is 262 g/mol. The van der Waals surface area contributed by atoms with Crippen LogP contribution in [0.25, 0.3) is 0 Å². The molecular formula is C15H20ClNO2. The molecule has 1 aromatic carbocycles. The number of aryl methyl sites for hydroxylation is 1. The maximum atomic E-state index is 12.0. The van der Waals surface area contributed by atoms with Gasteiger partial charge >= 0.3 is 0 Å². The predicted octanol–water partition coefficient (Wildman–Crippen LogP) is 3.09. The third-order valence-corrected chi connectivity index (χ3v) is 4.41. The number of hydrogen-bond acceptors (Lipinski definition) is 2. The highest BCUT2D eigenvalue weighted by molar-refractivity contribution is 6.18. The highest BCUT2D eigenvalue weighted by Gasteiger charge is 2.26. The zero-order valence-electron chi connectivity index (χ0n) is 11.2. The van der Waals surface area contributed by atoms with Gasteiger partial charge in [-0.2, -0.15) is 0 Å². The summed E-state index contributed by atoms with van der Waals surface area (Å²) in [6.45, 7) is 2.48. The fourth-order valence-electron chi connectivity index (χ4n) is 2.66. The maximum absolute atomic E-state index is 12.0. The van der Waals surface area contributed by atoms with E-state index >= 15 is 0 Å². The lowest BCUT2D eigenvalue weighted by atomic mass is 9.98. The molecule has 1 fully saturated rings. The Balaban J connectivity index is 1.92. The number of alkyl halides is 1. The van der Waals surface area contributed by atoms with Crippen molar-refractivity contribution in [1.82, 2.24) is 5.32 Å². The van der Waals surface area contributed by atoms with Crippen LogP contribution in [0.4, 0.5) is 0 Å². The van der Waals surface area contributed by atoms with Gasteiger partial charge in [-0.25, -0.2) is 0 Å². The van der Waals surface area contributed by atoms with Gasteiger partial charge in [-0.05, 0) is 49.3 Å². The Morgan fingerprint density at radius 3 is 2.84 bits per heavy atom. The number of carbonyl (C=O) groups is 1. The fourth-order valence-corrected chi connectivity index (χ4v) is 3.07. The van der Waals surface area contributed by atoms with Gasteiger partial charge in [-0.1, -0.05) is 12.5 Å². The van der Waals surface area contributed by atoms with E-state index < -0.39 is 0 Å². The first-order valence-corrected chi connectivity index (χ1v) is 7.29. The first kappa shape index (κ1) is 14.2. The molecule has 1 aliphatic carbocycles. The number of phenols is 1. The van der Waals surface area contributed by atoms with Crippen molar-refractivity contribution in [3.05, 3.63) is 29.3 Å². The van der Waals surface area contributed by atoms with Gasteiger partial charge in [0.2, 0.25) is 0 Å². The Bertz CT molecular complexity index is 461. The molecule has 104 valence electrons. The van der Waals surface area contributed by atoms with Gasteiger partial charge in [-0.15, -0.1) is 11.6 Å². The summed E-state index contributed by atoms with van der Waals surface area (Å²) < 4.78 is 0. The smallest absolute Gasteiger partial charge is 0.251 e. The summed E-state index contributed by atoms with van der Waals surface area (Å²) in [5.74, 6) is 1.71. The molecule has 0 saturated heterocycles. The Labute approximate surface area is 119 Å². The largest absolute Gasteiger partial charge is 0.508 e. The number of aromatic hydroxyl groups is 1. The lowest BCUT2D eigenvalue weighted by molar-refractivity contribution is 0.0944. The van der Waals surface area contributed by atoms with E-state index in [1.54, 1.807) is 19.1 Å². The van der Waals surface area contributed by atoms with Gasteiger partial charge in [0.1, 0.15) is 5.75 Å². The quantitative estimate of drug-likeness (QED) is 0.833. The summed E-state index contributed by atoms with van der Waals surface area (Å²) in [6.07, 6.45) is 3.50. The van der Waals surface area contributed by atoms with Crippen LogP contribution in [0.3, 0.4) is 0 Å². The number of benzene rings is 1. The number of phenolic OH excluding ortho intramolecular Hbond substituents is 1. The van der Waals surface area contributed by atoms with Crippen LogP contribution in [0.15, 0.2) is 18.2 Å². The summed E-state index contributed by atoms with van der Waals surface area (Å²) in [5.41, 5.74) is 1.28. The Morgan fingerprint density at radius 2 is 2.16 bits per heavy atom. The van der Waals surface area contributed by atoms with Crippen LogP contribution in [0.1, 0.15) is 35.2 Å². The minimum Gasteiger partial charge on any atom is -0.508 e. The molecule has 2 rings (SSSR count). The summed E-state index contributed by atoms with van der Waals surface area (Å²) >= 11 is 5.93. The first-order chi connectivity index (χ1) is 9.11. The SMILES string of the molecule is Cc1ccc(C(=O)NCC2CCCC2CCl)cc1O. The number of amides is 1. The lowest BCUT2D eigenvalue weighted by Crippen LogP contribution is -2.31. The highest BCUT2D eigenvalue weighted by Crippen LogP contribution is 2.32. The molecule has 2 atom stereocenters. The van der Waals surface area contributed by atoms with E-state index in [1.807, 2.05) is 0 Å². The molecule has 3 nitrogen and oxygen atoms in total. The Kier molecular flexibility index (Phi) is 4.70. The van der Waals surface area contributed by atoms with E-state index in [-0.39, 0.29) is 11.7 Å². The molecule has 0 aromatic heterocycles. The number of halogens is 1. The van der Waals surface area contributed by atoms with Crippen molar-refractivity contribution < 1.29 is 9.90 Å². The van der Waals surface area contributed by atoms with Crippen LogP contribution in [0.5, 0.6) is 5.75 Å². The molecule has 19 heavy (non-hydrogen) atoms. The summed E-state index contributed by atoms with van der Waals surface area (Å²) in [4.78, 5) is 12.0. The minimum atomic E-state index is -0.129. The van der Waals surface area contributed by atoms with Crippen LogP contribution in [0.2, 0.25) is 0 Å². The van der Waals surface area contributed by atoms with Gasteiger partial charge in [0.15, 0.2) is 0 Å². The zero-order chi connectivity index (χ0) is 13.8. The first-order valence-electron chi connectivity index (χ1n) is 6.75. The van der Waals surface area contributed by atoms with Crippen molar-refractivity contribution in [3.63, 3.8) is 0 Å². The van der Waals surface area contributed by atoms with Gasteiger partial charge < -0.3 is 10.4 Å². The normalized spacial score (nSPS) is 22.4. The van der Waals surface area contributed by atoms with E-state index in [0.29, 0.717) is 29.8 Å².